The number of nitrogens with zero attached hydrogens (tertiary/aromatic N) is 2. The summed E-state index contributed by atoms with van der Waals surface area (Å²) in [6, 6.07) is 0.0974. The van der Waals surface area contributed by atoms with Crippen molar-refractivity contribution in [1.29, 1.82) is 0 Å². The molecule has 3 rings (SSSR count). The van der Waals surface area contributed by atoms with E-state index in [2.05, 4.69) is 0 Å². The van der Waals surface area contributed by atoms with Crippen molar-refractivity contribution in [3.63, 3.8) is 0 Å². The standard InChI is InChI=1S/C18H18F3N3O4/c1-9-4-2-3-5-12(9)24-17(27)16(26)23(18(24)28)8-13(25)22-11-7-6-10(19)14(20)15(11)21/h6-7,9,12H,2-5,8H2,1H3,(H,22,25)/t9-,12+/m0/s1. The predicted octanol–water partition coefficient (Wildman–Crippen LogP) is 2.41. The highest BCUT2D eigenvalue weighted by Gasteiger charge is 2.49. The van der Waals surface area contributed by atoms with Crippen LogP contribution in [0.1, 0.15) is 32.6 Å². The summed E-state index contributed by atoms with van der Waals surface area (Å²) in [5.41, 5.74) is -0.646. The Morgan fingerprint density at radius 1 is 1.07 bits per heavy atom. The fourth-order valence-electron chi connectivity index (χ4n) is 3.59. The van der Waals surface area contributed by atoms with Gasteiger partial charge >= 0.3 is 17.8 Å². The predicted molar refractivity (Wildman–Crippen MR) is 90.3 cm³/mol. The Hall–Kier alpha value is -2.91. The minimum Gasteiger partial charge on any atom is -0.322 e. The Morgan fingerprint density at radius 3 is 2.43 bits per heavy atom. The first kappa shape index (κ1) is 19.8. The normalized spacial score (nSPS) is 22.8. The van der Waals surface area contributed by atoms with E-state index in [4.69, 9.17) is 0 Å². The fraction of sp³-hybridized carbons (Fsp3) is 0.444. The van der Waals surface area contributed by atoms with Crippen molar-refractivity contribution in [3.8, 4) is 0 Å². The van der Waals surface area contributed by atoms with Crippen molar-refractivity contribution in [2.24, 2.45) is 5.92 Å². The lowest BCUT2D eigenvalue weighted by atomic mass is 9.85. The summed E-state index contributed by atoms with van der Waals surface area (Å²) < 4.78 is 39.9. The van der Waals surface area contributed by atoms with Gasteiger partial charge in [-0.25, -0.2) is 22.9 Å². The first-order chi connectivity index (χ1) is 13.2. The van der Waals surface area contributed by atoms with Crippen molar-refractivity contribution in [3.05, 3.63) is 29.6 Å². The number of urea groups is 1. The number of rotatable bonds is 4. The molecule has 2 fully saturated rings. The van der Waals surface area contributed by atoms with E-state index in [9.17, 15) is 32.3 Å². The van der Waals surface area contributed by atoms with Crippen molar-refractivity contribution in [2.75, 3.05) is 11.9 Å². The summed E-state index contributed by atoms with van der Waals surface area (Å²) in [6.45, 7) is 1.04. The van der Waals surface area contributed by atoms with Gasteiger partial charge in [-0.3, -0.25) is 19.3 Å². The molecule has 1 aliphatic carbocycles. The maximum Gasteiger partial charge on any atom is 0.334 e. The molecular weight excluding hydrogens is 379 g/mol. The van der Waals surface area contributed by atoms with Crippen molar-refractivity contribution in [2.45, 2.75) is 38.6 Å². The molecule has 0 aromatic heterocycles. The number of benzene rings is 1. The van der Waals surface area contributed by atoms with Gasteiger partial charge in [0.05, 0.1) is 5.69 Å². The van der Waals surface area contributed by atoms with Crippen LogP contribution >= 0.6 is 0 Å². The fourth-order valence-corrected chi connectivity index (χ4v) is 3.59. The van der Waals surface area contributed by atoms with E-state index in [1.807, 2.05) is 12.2 Å². The zero-order chi connectivity index (χ0) is 20.6. The topological polar surface area (TPSA) is 86.8 Å². The first-order valence-electron chi connectivity index (χ1n) is 8.84. The summed E-state index contributed by atoms with van der Waals surface area (Å²) in [7, 11) is 0. The number of anilines is 1. The van der Waals surface area contributed by atoms with Crippen LogP contribution in [0.4, 0.5) is 23.7 Å². The second-order valence-electron chi connectivity index (χ2n) is 6.95. The van der Waals surface area contributed by atoms with E-state index in [1.165, 1.54) is 0 Å². The second-order valence-corrected chi connectivity index (χ2v) is 6.95. The average molecular weight is 397 g/mol. The molecule has 1 aliphatic heterocycles. The van der Waals surface area contributed by atoms with Gasteiger partial charge in [-0.1, -0.05) is 19.8 Å². The third-order valence-electron chi connectivity index (χ3n) is 5.09. The van der Waals surface area contributed by atoms with Crippen LogP contribution in [-0.4, -0.2) is 46.1 Å². The number of hydrogen-bond acceptors (Lipinski definition) is 4. The number of amides is 5. The third kappa shape index (κ3) is 3.46. The van der Waals surface area contributed by atoms with Gasteiger partial charge < -0.3 is 5.32 Å². The molecular formula is C18H18F3N3O4. The molecule has 2 atom stereocenters. The van der Waals surface area contributed by atoms with E-state index >= 15 is 0 Å². The molecule has 0 unspecified atom stereocenters. The monoisotopic (exact) mass is 397 g/mol. The van der Waals surface area contributed by atoms with Gasteiger partial charge in [0.1, 0.15) is 6.54 Å². The van der Waals surface area contributed by atoms with Gasteiger partial charge in [-0.15, -0.1) is 0 Å². The summed E-state index contributed by atoms with van der Waals surface area (Å²) in [5.74, 6) is -7.96. The van der Waals surface area contributed by atoms with Crippen LogP contribution in [0.3, 0.4) is 0 Å². The average Bonchev–Trinajstić information content (AvgIpc) is 2.86. The van der Waals surface area contributed by atoms with E-state index in [1.54, 1.807) is 0 Å². The summed E-state index contributed by atoms with van der Waals surface area (Å²) in [4.78, 5) is 50.5. The van der Waals surface area contributed by atoms with Crippen LogP contribution in [0.5, 0.6) is 0 Å². The maximum atomic E-state index is 13.7. The SMILES string of the molecule is C[C@H]1CCCC[C@H]1N1C(=O)C(=O)N(CC(=O)Nc2ccc(F)c(F)c2F)C1=O. The van der Waals surface area contributed by atoms with Crippen LogP contribution in [0.2, 0.25) is 0 Å². The Balaban J connectivity index is 1.72. The molecule has 0 spiro atoms. The van der Waals surface area contributed by atoms with Gasteiger partial charge in [0.25, 0.3) is 0 Å². The number of halogens is 3. The molecule has 150 valence electrons. The molecule has 1 N–H and O–H groups in total. The van der Waals surface area contributed by atoms with Gasteiger partial charge in [0, 0.05) is 6.04 Å². The Morgan fingerprint density at radius 2 is 1.75 bits per heavy atom. The van der Waals surface area contributed by atoms with Crippen LogP contribution in [-0.2, 0) is 14.4 Å². The number of hydrogen-bond donors (Lipinski definition) is 1. The van der Waals surface area contributed by atoms with E-state index in [0.717, 1.165) is 30.2 Å². The van der Waals surface area contributed by atoms with Crippen LogP contribution in [0.15, 0.2) is 12.1 Å². The highest BCUT2D eigenvalue weighted by atomic mass is 19.2. The van der Waals surface area contributed by atoms with E-state index in [0.29, 0.717) is 17.4 Å². The zero-order valence-corrected chi connectivity index (χ0v) is 15.0. The largest absolute Gasteiger partial charge is 0.334 e. The molecule has 1 aromatic carbocycles. The smallest absolute Gasteiger partial charge is 0.322 e. The third-order valence-corrected chi connectivity index (χ3v) is 5.09. The Labute approximate surface area is 158 Å². The minimum absolute atomic E-state index is 0.0273. The molecule has 1 aromatic rings. The highest BCUT2D eigenvalue weighted by molar-refractivity contribution is 6.45. The minimum atomic E-state index is -1.77. The second kappa shape index (κ2) is 7.61. The van der Waals surface area contributed by atoms with Gasteiger partial charge in [-0.2, -0.15) is 0 Å². The molecule has 1 saturated heterocycles. The quantitative estimate of drug-likeness (QED) is 0.480. The maximum absolute atomic E-state index is 13.7. The summed E-state index contributed by atoms with van der Waals surface area (Å²) in [5, 5.41) is 1.97. The molecule has 1 heterocycles. The Kier molecular flexibility index (Phi) is 5.39. The van der Waals surface area contributed by atoms with Crippen LogP contribution < -0.4 is 5.32 Å². The van der Waals surface area contributed by atoms with Gasteiger partial charge in [0.2, 0.25) is 5.91 Å². The summed E-state index contributed by atoms with van der Waals surface area (Å²) in [6.07, 6.45) is 3.17. The number of imide groups is 2. The van der Waals surface area contributed by atoms with Crippen molar-refractivity contribution >= 4 is 29.4 Å². The number of carbonyl (C=O) groups excluding carboxylic acids is 4. The highest BCUT2D eigenvalue weighted by Crippen LogP contribution is 2.31. The Bertz CT molecular complexity index is 861. The lowest BCUT2D eigenvalue weighted by molar-refractivity contribution is -0.145. The summed E-state index contributed by atoms with van der Waals surface area (Å²) >= 11 is 0. The van der Waals surface area contributed by atoms with E-state index in [-0.39, 0.29) is 5.92 Å². The molecule has 0 bridgehead atoms. The molecule has 5 amide bonds. The molecule has 0 radical (unpaired) electrons. The van der Waals surface area contributed by atoms with Crippen molar-refractivity contribution in [1.82, 2.24) is 9.80 Å². The molecule has 10 heteroatoms. The van der Waals surface area contributed by atoms with Crippen molar-refractivity contribution < 1.29 is 32.3 Å². The molecule has 1 saturated carbocycles. The van der Waals surface area contributed by atoms with Gasteiger partial charge in [-0.05, 0) is 30.9 Å². The zero-order valence-electron chi connectivity index (χ0n) is 15.0. The van der Waals surface area contributed by atoms with Crippen LogP contribution in [0.25, 0.3) is 0 Å². The van der Waals surface area contributed by atoms with Gasteiger partial charge in [0.15, 0.2) is 17.5 Å². The molecule has 7 nitrogen and oxygen atoms in total. The molecule has 2 aliphatic rings. The van der Waals surface area contributed by atoms with Crippen LogP contribution in [0, 0.1) is 23.4 Å². The number of nitrogens with one attached hydrogen (secondary N) is 1. The lowest BCUT2D eigenvalue weighted by Crippen LogP contribution is -2.46. The number of carbonyl (C=O) groups is 4. The first-order valence-corrected chi connectivity index (χ1v) is 8.84. The lowest BCUT2D eigenvalue weighted by Gasteiger charge is -2.34. The molecule has 28 heavy (non-hydrogen) atoms. The van der Waals surface area contributed by atoms with E-state index < -0.39 is 59.5 Å².